The van der Waals surface area contributed by atoms with Crippen molar-refractivity contribution in [1.82, 2.24) is 15.0 Å². The Morgan fingerprint density at radius 3 is 2.90 bits per heavy atom. The van der Waals surface area contributed by atoms with Crippen molar-refractivity contribution in [3.05, 3.63) is 46.8 Å². The second-order valence-corrected chi connectivity index (χ2v) is 5.67. The summed E-state index contributed by atoms with van der Waals surface area (Å²) in [7, 11) is 1.73. The summed E-state index contributed by atoms with van der Waals surface area (Å²) in [5.74, 6) is 0.461. The zero-order chi connectivity index (χ0) is 14.1. The lowest BCUT2D eigenvalue weighted by Gasteiger charge is -2.13. The van der Waals surface area contributed by atoms with Gasteiger partial charge in [-0.15, -0.1) is 11.3 Å². The zero-order valence-electron chi connectivity index (χ0n) is 11.2. The first-order valence-corrected chi connectivity index (χ1v) is 6.98. The second-order valence-electron chi connectivity index (χ2n) is 4.56. The molecule has 0 aliphatic rings. The molecule has 0 aliphatic carbocycles. The molecule has 1 amide bonds. The molecule has 0 radical (unpaired) electrons. The fourth-order valence-corrected chi connectivity index (χ4v) is 2.95. The Morgan fingerprint density at radius 1 is 1.40 bits per heavy atom. The van der Waals surface area contributed by atoms with E-state index in [1.54, 1.807) is 36.3 Å². The number of para-hydroxylation sites is 1. The number of nitrogens with zero attached hydrogens (tertiary/aromatic N) is 3. The normalized spacial score (nSPS) is 10.9. The van der Waals surface area contributed by atoms with E-state index in [-0.39, 0.29) is 5.91 Å². The topological polar surface area (TPSA) is 59.2 Å². The number of carbonyl (C=O) groups excluding carboxylic acids is 1. The van der Waals surface area contributed by atoms with Crippen LogP contribution in [0, 0.1) is 6.92 Å². The van der Waals surface area contributed by atoms with E-state index in [4.69, 9.17) is 4.52 Å². The summed E-state index contributed by atoms with van der Waals surface area (Å²) in [6, 6.07) is 9.57. The van der Waals surface area contributed by atoms with Gasteiger partial charge in [-0.25, -0.2) is 4.98 Å². The van der Waals surface area contributed by atoms with Crippen LogP contribution in [0.2, 0.25) is 0 Å². The number of carbonyl (C=O) groups is 1. The summed E-state index contributed by atoms with van der Waals surface area (Å²) in [6.07, 6.45) is 0. The smallest absolute Gasteiger partial charge is 0.276 e. The lowest BCUT2D eigenvalue weighted by Crippen LogP contribution is -2.26. The van der Waals surface area contributed by atoms with Crippen LogP contribution in [0.4, 0.5) is 0 Å². The van der Waals surface area contributed by atoms with E-state index in [1.165, 1.54) is 0 Å². The molecule has 20 heavy (non-hydrogen) atoms. The van der Waals surface area contributed by atoms with Crippen molar-refractivity contribution in [2.24, 2.45) is 0 Å². The molecule has 0 saturated heterocycles. The first-order valence-electron chi connectivity index (χ1n) is 6.17. The maximum Gasteiger partial charge on any atom is 0.276 e. The number of benzene rings is 1. The van der Waals surface area contributed by atoms with Crippen LogP contribution in [0.15, 0.2) is 34.9 Å². The third kappa shape index (κ3) is 2.42. The molecule has 1 aromatic carbocycles. The number of fused-ring (bicyclic) bond motifs is 1. The highest BCUT2D eigenvalue weighted by Gasteiger charge is 2.17. The van der Waals surface area contributed by atoms with E-state index in [1.807, 2.05) is 24.3 Å². The SMILES string of the molecule is Cc1cc(C(=O)N(C)Cc2nc3ccccc3s2)no1. The van der Waals surface area contributed by atoms with Gasteiger partial charge in [-0.05, 0) is 19.1 Å². The summed E-state index contributed by atoms with van der Waals surface area (Å²) in [6.45, 7) is 2.22. The molecule has 0 atom stereocenters. The van der Waals surface area contributed by atoms with E-state index in [0.29, 0.717) is 18.0 Å². The van der Waals surface area contributed by atoms with Crippen molar-refractivity contribution in [2.45, 2.75) is 13.5 Å². The molecule has 3 aromatic rings. The number of aryl methyl sites for hydroxylation is 1. The van der Waals surface area contributed by atoms with E-state index in [2.05, 4.69) is 10.1 Å². The molecule has 0 unspecified atom stereocenters. The Morgan fingerprint density at radius 2 is 2.20 bits per heavy atom. The van der Waals surface area contributed by atoms with Gasteiger partial charge in [-0.2, -0.15) is 0 Å². The number of thiazole rings is 1. The molecule has 0 N–H and O–H groups in total. The Kier molecular flexibility index (Phi) is 3.23. The summed E-state index contributed by atoms with van der Waals surface area (Å²) in [5.41, 5.74) is 1.29. The van der Waals surface area contributed by atoms with E-state index >= 15 is 0 Å². The largest absolute Gasteiger partial charge is 0.361 e. The minimum absolute atomic E-state index is 0.166. The van der Waals surface area contributed by atoms with Crippen LogP contribution >= 0.6 is 11.3 Å². The molecule has 102 valence electrons. The molecule has 3 rings (SSSR count). The average Bonchev–Trinajstić information content (AvgIpc) is 3.03. The minimum atomic E-state index is -0.166. The monoisotopic (exact) mass is 287 g/mol. The Balaban J connectivity index is 1.78. The number of hydrogen-bond acceptors (Lipinski definition) is 5. The van der Waals surface area contributed by atoms with Gasteiger partial charge < -0.3 is 9.42 Å². The molecule has 2 heterocycles. The zero-order valence-corrected chi connectivity index (χ0v) is 12.0. The third-order valence-corrected chi connectivity index (χ3v) is 3.93. The Hall–Kier alpha value is -2.21. The van der Waals surface area contributed by atoms with Crippen LogP contribution in [-0.2, 0) is 6.54 Å². The van der Waals surface area contributed by atoms with E-state index in [9.17, 15) is 4.79 Å². The van der Waals surface area contributed by atoms with Crippen molar-refractivity contribution in [1.29, 1.82) is 0 Å². The Labute approximate surface area is 119 Å². The average molecular weight is 287 g/mol. The fourth-order valence-electron chi connectivity index (χ4n) is 1.92. The summed E-state index contributed by atoms with van der Waals surface area (Å²) < 4.78 is 6.05. The van der Waals surface area contributed by atoms with Crippen LogP contribution in [0.5, 0.6) is 0 Å². The van der Waals surface area contributed by atoms with Gasteiger partial charge in [0.05, 0.1) is 16.8 Å². The van der Waals surface area contributed by atoms with Gasteiger partial charge in [0.15, 0.2) is 5.69 Å². The van der Waals surface area contributed by atoms with Gasteiger partial charge in [-0.3, -0.25) is 4.79 Å². The van der Waals surface area contributed by atoms with Gasteiger partial charge in [0.25, 0.3) is 5.91 Å². The van der Waals surface area contributed by atoms with E-state index < -0.39 is 0 Å². The molecule has 0 bridgehead atoms. The molecule has 0 saturated carbocycles. The molecule has 0 spiro atoms. The van der Waals surface area contributed by atoms with Crippen molar-refractivity contribution in [3.63, 3.8) is 0 Å². The van der Waals surface area contributed by atoms with Gasteiger partial charge in [-0.1, -0.05) is 17.3 Å². The standard InChI is InChI=1S/C14H13N3O2S/c1-9-7-11(16-19-9)14(18)17(2)8-13-15-10-5-3-4-6-12(10)20-13/h3-7H,8H2,1-2H3. The second kappa shape index (κ2) is 5.05. The molecule has 0 aliphatic heterocycles. The first kappa shape index (κ1) is 12.8. The van der Waals surface area contributed by atoms with Crippen LogP contribution in [0.1, 0.15) is 21.3 Å². The lowest BCUT2D eigenvalue weighted by atomic mass is 10.3. The minimum Gasteiger partial charge on any atom is -0.361 e. The van der Waals surface area contributed by atoms with Gasteiger partial charge in [0.2, 0.25) is 0 Å². The van der Waals surface area contributed by atoms with Crippen LogP contribution in [-0.4, -0.2) is 28.0 Å². The maximum absolute atomic E-state index is 12.2. The first-order chi connectivity index (χ1) is 9.63. The van der Waals surface area contributed by atoms with Gasteiger partial charge in [0.1, 0.15) is 10.8 Å². The number of aromatic nitrogens is 2. The van der Waals surface area contributed by atoms with Crippen LogP contribution in [0.25, 0.3) is 10.2 Å². The highest BCUT2D eigenvalue weighted by Crippen LogP contribution is 2.22. The van der Waals surface area contributed by atoms with Crippen LogP contribution in [0.3, 0.4) is 0 Å². The summed E-state index contributed by atoms with van der Waals surface area (Å²) in [5, 5.41) is 4.64. The van der Waals surface area contributed by atoms with Crippen molar-refractivity contribution in [2.75, 3.05) is 7.05 Å². The molecule has 2 aromatic heterocycles. The molecular weight excluding hydrogens is 274 g/mol. The number of amides is 1. The van der Waals surface area contributed by atoms with Crippen LogP contribution < -0.4 is 0 Å². The predicted octanol–water partition coefficient (Wildman–Crippen LogP) is 2.86. The molecule has 5 nitrogen and oxygen atoms in total. The number of hydrogen-bond donors (Lipinski definition) is 0. The molecular formula is C14H13N3O2S. The highest BCUT2D eigenvalue weighted by atomic mass is 32.1. The molecule has 0 fully saturated rings. The maximum atomic E-state index is 12.2. The van der Waals surface area contributed by atoms with Gasteiger partial charge >= 0.3 is 0 Å². The van der Waals surface area contributed by atoms with Crippen molar-refractivity contribution < 1.29 is 9.32 Å². The summed E-state index contributed by atoms with van der Waals surface area (Å²) >= 11 is 1.59. The third-order valence-electron chi connectivity index (χ3n) is 2.90. The molecule has 6 heteroatoms. The lowest BCUT2D eigenvalue weighted by molar-refractivity contribution is 0.0774. The van der Waals surface area contributed by atoms with Crippen molar-refractivity contribution in [3.8, 4) is 0 Å². The van der Waals surface area contributed by atoms with Gasteiger partial charge in [0, 0.05) is 13.1 Å². The van der Waals surface area contributed by atoms with E-state index in [0.717, 1.165) is 15.2 Å². The van der Waals surface area contributed by atoms with Crippen molar-refractivity contribution >= 4 is 27.5 Å². The quantitative estimate of drug-likeness (QED) is 0.743. The Bertz CT molecular complexity index is 729. The predicted molar refractivity (Wildman–Crippen MR) is 76.7 cm³/mol. The number of rotatable bonds is 3. The highest BCUT2D eigenvalue weighted by molar-refractivity contribution is 7.18. The summed E-state index contributed by atoms with van der Waals surface area (Å²) in [4.78, 5) is 18.3. The fraction of sp³-hybridized carbons (Fsp3) is 0.214.